The van der Waals surface area contributed by atoms with Crippen molar-refractivity contribution in [2.75, 3.05) is 13.1 Å². The number of hydrogen-bond acceptors (Lipinski definition) is 3. The first kappa shape index (κ1) is 20.3. The van der Waals surface area contributed by atoms with Crippen LogP contribution in [0.2, 0.25) is 0 Å². The molecule has 0 spiro atoms. The Balaban J connectivity index is 1.59. The summed E-state index contributed by atoms with van der Waals surface area (Å²) < 4.78 is 38.3. The Morgan fingerprint density at radius 2 is 1.75 bits per heavy atom. The Labute approximate surface area is 162 Å². The zero-order chi connectivity index (χ0) is 20.0. The maximum atomic E-state index is 12.8. The van der Waals surface area contributed by atoms with Crippen molar-refractivity contribution in [1.82, 2.24) is 15.2 Å². The number of likely N-dealkylation sites (tertiary alicyclic amines) is 1. The van der Waals surface area contributed by atoms with Gasteiger partial charge >= 0.3 is 6.18 Å². The zero-order valence-corrected chi connectivity index (χ0v) is 15.6. The Hall–Kier alpha value is -2.41. The Kier molecular flexibility index (Phi) is 6.67. The van der Waals surface area contributed by atoms with Crippen LogP contribution >= 0.6 is 0 Å². The Bertz CT molecular complexity index is 799. The number of nitrogens with one attached hydrogen (secondary N) is 1. The molecule has 1 aliphatic rings. The summed E-state index contributed by atoms with van der Waals surface area (Å²) in [5.41, 5.74) is 1.06. The van der Waals surface area contributed by atoms with Crippen molar-refractivity contribution in [3.63, 3.8) is 0 Å². The lowest BCUT2D eigenvalue weighted by Crippen LogP contribution is -2.25. The lowest BCUT2D eigenvalue weighted by molar-refractivity contribution is -0.137. The van der Waals surface area contributed by atoms with Gasteiger partial charge in [-0.2, -0.15) is 13.2 Å². The smallest absolute Gasteiger partial charge is 0.348 e. The van der Waals surface area contributed by atoms with E-state index in [1.807, 2.05) is 18.2 Å². The van der Waals surface area contributed by atoms with Crippen LogP contribution in [0.15, 0.2) is 42.7 Å². The number of alkyl halides is 3. The fourth-order valence-corrected chi connectivity index (χ4v) is 3.39. The summed E-state index contributed by atoms with van der Waals surface area (Å²) >= 11 is 0. The van der Waals surface area contributed by atoms with Crippen LogP contribution in [-0.4, -0.2) is 28.9 Å². The third-order valence-corrected chi connectivity index (χ3v) is 4.88. The molecule has 1 saturated heterocycles. The van der Waals surface area contributed by atoms with Crippen LogP contribution in [0, 0.1) is 0 Å². The quantitative estimate of drug-likeness (QED) is 0.821. The first-order valence-corrected chi connectivity index (χ1v) is 9.52. The molecule has 1 fully saturated rings. The molecule has 4 nitrogen and oxygen atoms in total. The molecule has 1 N–H and O–H groups in total. The van der Waals surface area contributed by atoms with E-state index in [2.05, 4.69) is 21.3 Å². The number of carbonyl (C=O) groups is 1. The highest BCUT2D eigenvalue weighted by Gasteiger charge is 2.31. The van der Waals surface area contributed by atoms with Crippen LogP contribution in [0.4, 0.5) is 13.2 Å². The van der Waals surface area contributed by atoms with Crippen molar-refractivity contribution in [2.45, 2.75) is 44.9 Å². The summed E-state index contributed by atoms with van der Waals surface area (Å²) in [4.78, 5) is 18.2. The first-order chi connectivity index (χ1) is 13.4. The van der Waals surface area contributed by atoms with Crippen molar-refractivity contribution >= 4 is 5.91 Å². The fraction of sp³-hybridized carbons (Fsp3) is 0.429. The summed E-state index contributed by atoms with van der Waals surface area (Å²) in [6.45, 7) is 3.33. The fourth-order valence-electron chi connectivity index (χ4n) is 3.39. The van der Waals surface area contributed by atoms with E-state index in [1.54, 1.807) is 0 Å². The molecule has 1 aromatic carbocycles. The van der Waals surface area contributed by atoms with Crippen LogP contribution in [0.5, 0.6) is 0 Å². The second kappa shape index (κ2) is 9.19. The minimum atomic E-state index is -4.52. The molecule has 0 bridgehead atoms. The van der Waals surface area contributed by atoms with E-state index < -0.39 is 17.6 Å². The lowest BCUT2D eigenvalue weighted by atomic mass is 10.1. The van der Waals surface area contributed by atoms with Gasteiger partial charge in [0.05, 0.1) is 11.1 Å². The highest BCUT2D eigenvalue weighted by atomic mass is 19.4. The molecule has 2 heterocycles. The average Bonchev–Trinajstić information content (AvgIpc) is 2.94. The van der Waals surface area contributed by atoms with E-state index in [-0.39, 0.29) is 12.1 Å². The number of amides is 1. The second-order valence-electron chi connectivity index (χ2n) is 7.15. The molecular formula is C21H24F3N3O. The molecule has 2 aromatic rings. The monoisotopic (exact) mass is 391 g/mol. The van der Waals surface area contributed by atoms with E-state index in [1.165, 1.54) is 31.2 Å². The second-order valence-corrected chi connectivity index (χ2v) is 7.15. The number of pyridine rings is 1. The maximum absolute atomic E-state index is 12.8. The van der Waals surface area contributed by atoms with E-state index >= 15 is 0 Å². The van der Waals surface area contributed by atoms with Crippen molar-refractivity contribution < 1.29 is 18.0 Å². The normalized spacial score (nSPS) is 15.8. The molecule has 0 radical (unpaired) electrons. The molecule has 1 amide bonds. The van der Waals surface area contributed by atoms with E-state index in [0.29, 0.717) is 6.20 Å². The van der Waals surface area contributed by atoms with Crippen LogP contribution < -0.4 is 5.32 Å². The summed E-state index contributed by atoms with van der Waals surface area (Å²) in [5.74, 6) is -0.573. The van der Waals surface area contributed by atoms with Crippen LogP contribution in [-0.2, 0) is 19.3 Å². The lowest BCUT2D eigenvalue weighted by Gasteiger charge is -2.20. The molecule has 1 aliphatic heterocycles. The van der Waals surface area contributed by atoms with Gasteiger partial charge in [-0.25, -0.2) is 0 Å². The number of benzene rings is 1. The van der Waals surface area contributed by atoms with Gasteiger partial charge in [-0.05, 0) is 43.1 Å². The largest absolute Gasteiger partial charge is 0.417 e. The van der Waals surface area contributed by atoms with Gasteiger partial charge in [0, 0.05) is 25.5 Å². The van der Waals surface area contributed by atoms with Gasteiger partial charge in [0.1, 0.15) is 0 Å². The van der Waals surface area contributed by atoms with Crippen molar-refractivity contribution in [2.24, 2.45) is 0 Å². The molecule has 28 heavy (non-hydrogen) atoms. The van der Waals surface area contributed by atoms with E-state index in [0.717, 1.165) is 37.5 Å². The van der Waals surface area contributed by atoms with Gasteiger partial charge < -0.3 is 5.32 Å². The molecule has 0 aliphatic carbocycles. The van der Waals surface area contributed by atoms with Crippen molar-refractivity contribution in [3.05, 3.63) is 65.0 Å². The van der Waals surface area contributed by atoms with Crippen molar-refractivity contribution in [1.29, 1.82) is 0 Å². The third-order valence-electron chi connectivity index (χ3n) is 4.88. The van der Waals surface area contributed by atoms with Crippen LogP contribution in [0.1, 0.15) is 52.7 Å². The van der Waals surface area contributed by atoms with Gasteiger partial charge in [0.2, 0.25) is 0 Å². The summed E-state index contributed by atoms with van der Waals surface area (Å²) in [6.07, 6.45) is 2.34. The topological polar surface area (TPSA) is 45.2 Å². The Morgan fingerprint density at radius 3 is 2.46 bits per heavy atom. The molecule has 150 valence electrons. The maximum Gasteiger partial charge on any atom is 0.417 e. The highest BCUT2D eigenvalue weighted by molar-refractivity contribution is 5.94. The number of carbonyl (C=O) groups excluding carboxylic acids is 1. The van der Waals surface area contributed by atoms with E-state index in [9.17, 15) is 18.0 Å². The molecule has 0 saturated carbocycles. The van der Waals surface area contributed by atoms with Crippen LogP contribution in [0.3, 0.4) is 0 Å². The van der Waals surface area contributed by atoms with Gasteiger partial charge in [0.15, 0.2) is 0 Å². The predicted molar refractivity (Wildman–Crippen MR) is 101 cm³/mol. The standard InChI is InChI=1S/C21H24F3N3O/c22-21(23,24)19-11-18(13-25-14-19)20(28)26-12-16-6-5-7-17(10-16)15-27-8-3-1-2-4-9-27/h5-7,10-11,13-14H,1-4,8-9,12,15H2,(H,26,28). The molecule has 1 aromatic heterocycles. The molecule has 3 rings (SSSR count). The number of halogens is 3. The van der Waals surface area contributed by atoms with Gasteiger partial charge in [-0.15, -0.1) is 0 Å². The zero-order valence-electron chi connectivity index (χ0n) is 15.6. The third kappa shape index (κ3) is 5.79. The molecule has 7 heteroatoms. The van der Waals surface area contributed by atoms with Gasteiger partial charge in [-0.1, -0.05) is 37.1 Å². The minimum absolute atomic E-state index is 0.101. The summed E-state index contributed by atoms with van der Waals surface area (Å²) in [5, 5.41) is 2.67. The van der Waals surface area contributed by atoms with Crippen LogP contribution in [0.25, 0.3) is 0 Å². The molecule has 0 atom stereocenters. The molecule has 0 unspecified atom stereocenters. The number of aromatic nitrogens is 1. The SMILES string of the molecule is O=C(NCc1cccc(CN2CCCCCC2)c1)c1cncc(C(F)(F)F)c1. The Morgan fingerprint density at radius 1 is 1.04 bits per heavy atom. The molecular weight excluding hydrogens is 367 g/mol. The van der Waals surface area contributed by atoms with Gasteiger partial charge in [0.25, 0.3) is 5.91 Å². The first-order valence-electron chi connectivity index (χ1n) is 9.52. The van der Waals surface area contributed by atoms with Crippen molar-refractivity contribution in [3.8, 4) is 0 Å². The predicted octanol–water partition coefficient (Wildman–Crippen LogP) is 4.41. The summed E-state index contributed by atoms with van der Waals surface area (Å²) in [7, 11) is 0. The van der Waals surface area contributed by atoms with E-state index in [4.69, 9.17) is 0 Å². The average molecular weight is 391 g/mol. The number of rotatable bonds is 5. The number of nitrogens with zero attached hydrogens (tertiary/aromatic N) is 2. The summed E-state index contributed by atoms with van der Waals surface area (Å²) in [6, 6.07) is 8.76. The number of hydrogen-bond donors (Lipinski definition) is 1. The minimum Gasteiger partial charge on any atom is -0.348 e. The highest BCUT2D eigenvalue weighted by Crippen LogP contribution is 2.28. The van der Waals surface area contributed by atoms with Gasteiger partial charge in [-0.3, -0.25) is 14.7 Å².